The van der Waals surface area contributed by atoms with Crippen molar-refractivity contribution in [2.24, 2.45) is 5.92 Å². The molecule has 1 aromatic carbocycles. The molecular weight excluding hydrogens is 236 g/mol. The zero-order valence-electron chi connectivity index (χ0n) is 11.7. The molecule has 0 aliphatic carbocycles. The zero-order valence-corrected chi connectivity index (χ0v) is 11.7. The van der Waals surface area contributed by atoms with E-state index in [9.17, 15) is 4.79 Å². The van der Waals surface area contributed by atoms with Crippen molar-refractivity contribution in [3.8, 4) is 0 Å². The Balaban J connectivity index is 2.04. The highest BCUT2D eigenvalue weighted by Gasteiger charge is 2.26. The van der Waals surface area contributed by atoms with Crippen LogP contribution in [0, 0.1) is 5.92 Å². The van der Waals surface area contributed by atoms with Gasteiger partial charge in [-0.25, -0.2) is 0 Å². The molecule has 102 valence electrons. The molecule has 19 heavy (non-hydrogen) atoms. The van der Waals surface area contributed by atoms with Gasteiger partial charge in [-0.15, -0.1) is 0 Å². The van der Waals surface area contributed by atoms with Crippen LogP contribution in [0.2, 0.25) is 0 Å². The van der Waals surface area contributed by atoms with Gasteiger partial charge in [0.25, 0.3) is 0 Å². The molecule has 2 rings (SSSR count). The van der Waals surface area contributed by atoms with Crippen molar-refractivity contribution >= 4 is 17.7 Å². The number of rotatable bonds is 2. The van der Waals surface area contributed by atoms with Crippen molar-refractivity contribution < 1.29 is 4.79 Å². The van der Waals surface area contributed by atoms with E-state index in [1.54, 1.807) is 6.08 Å². The Kier molecular flexibility index (Phi) is 4.25. The first-order chi connectivity index (χ1) is 9.08. The quantitative estimate of drug-likeness (QED) is 0.655. The summed E-state index contributed by atoms with van der Waals surface area (Å²) < 4.78 is 0. The predicted molar refractivity (Wildman–Crippen MR) is 79.5 cm³/mol. The van der Waals surface area contributed by atoms with Crippen molar-refractivity contribution in [2.45, 2.75) is 32.7 Å². The number of amides is 1. The van der Waals surface area contributed by atoms with E-state index in [1.165, 1.54) is 6.42 Å². The summed E-state index contributed by atoms with van der Waals surface area (Å²) in [6.45, 7) is 5.22. The number of nitrogens with zero attached hydrogens (tertiary/aromatic N) is 1. The number of carbonyl (C=O) groups is 1. The fourth-order valence-electron chi connectivity index (χ4n) is 2.57. The van der Waals surface area contributed by atoms with E-state index >= 15 is 0 Å². The van der Waals surface area contributed by atoms with E-state index in [2.05, 4.69) is 13.8 Å². The maximum Gasteiger partial charge on any atom is 0.246 e. The summed E-state index contributed by atoms with van der Waals surface area (Å²) in [4.78, 5) is 14.2. The molecule has 0 aromatic heterocycles. The molecular formula is C16H22N2O. The number of nitrogens with two attached hydrogens (primary N) is 1. The lowest BCUT2D eigenvalue weighted by Gasteiger charge is -2.37. The Hall–Kier alpha value is -1.77. The van der Waals surface area contributed by atoms with Crippen molar-refractivity contribution in [2.75, 3.05) is 12.3 Å². The summed E-state index contributed by atoms with van der Waals surface area (Å²) in [7, 11) is 0. The molecule has 1 heterocycles. The standard InChI is InChI=1S/C16H22N2O/c1-12-5-4-10-18(13(12)2)16(19)9-8-14-6-3-7-15(17)11-14/h3,6-9,11-13H,4-5,10,17H2,1-2H3/b9-8+. The monoisotopic (exact) mass is 258 g/mol. The first kappa shape index (κ1) is 13.7. The normalized spacial score (nSPS) is 23.8. The number of likely N-dealkylation sites (tertiary alicyclic amines) is 1. The van der Waals surface area contributed by atoms with Crippen LogP contribution in [0.3, 0.4) is 0 Å². The Morgan fingerprint density at radius 3 is 2.95 bits per heavy atom. The molecule has 0 bridgehead atoms. The van der Waals surface area contributed by atoms with Crippen LogP contribution in [-0.4, -0.2) is 23.4 Å². The molecule has 1 aromatic rings. The molecule has 1 saturated heterocycles. The molecule has 3 heteroatoms. The van der Waals surface area contributed by atoms with E-state index in [0.717, 1.165) is 24.2 Å². The van der Waals surface area contributed by atoms with Gasteiger partial charge in [0.2, 0.25) is 5.91 Å². The molecule has 2 unspecified atom stereocenters. The van der Waals surface area contributed by atoms with Crippen molar-refractivity contribution in [1.29, 1.82) is 0 Å². The number of piperidine rings is 1. The summed E-state index contributed by atoms with van der Waals surface area (Å²) in [5.74, 6) is 0.681. The van der Waals surface area contributed by atoms with E-state index < -0.39 is 0 Å². The van der Waals surface area contributed by atoms with Gasteiger partial charge in [0.1, 0.15) is 0 Å². The molecule has 0 radical (unpaired) electrons. The molecule has 1 fully saturated rings. The molecule has 1 amide bonds. The van der Waals surface area contributed by atoms with Crippen LogP contribution in [0.15, 0.2) is 30.3 Å². The van der Waals surface area contributed by atoms with Crippen LogP contribution in [-0.2, 0) is 4.79 Å². The lowest BCUT2D eigenvalue weighted by atomic mass is 9.92. The van der Waals surface area contributed by atoms with Crippen LogP contribution in [0.4, 0.5) is 5.69 Å². The van der Waals surface area contributed by atoms with Gasteiger partial charge in [-0.2, -0.15) is 0 Å². The summed E-state index contributed by atoms with van der Waals surface area (Å²) in [6.07, 6.45) is 5.81. The molecule has 2 atom stereocenters. The third-order valence-electron chi connectivity index (χ3n) is 3.99. The van der Waals surface area contributed by atoms with Gasteiger partial charge in [0.05, 0.1) is 0 Å². The third-order valence-corrected chi connectivity index (χ3v) is 3.99. The van der Waals surface area contributed by atoms with E-state index in [1.807, 2.05) is 35.2 Å². The zero-order chi connectivity index (χ0) is 13.8. The van der Waals surface area contributed by atoms with Crippen LogP contribution < -0.4 is 5.73 Å². The fourth-order valence-corrected chi connectivity index (χ4v) is 2.57. The third kappa shape index (κ3) is 3.37. The van der Waals surface area contributed by atoms with Crippen LogP contribution >= 0.6 is 0 Å². The summed E-state index contributed by atoms with van der Waals surface area (Å²) >= 11 is 0. The summed E-state index contributed by atoms with van der Waals surface area (Å²) in [5.41, 5.74) is 7.40. The number of anilines is 1. The van der Waals surface area contributed by atoms with Crippen LogP contribution in [0.25, 0.3) is 6.08 Å². The lowest BCUT2D eigenvalue weighted by molar-refractivity contribution is -0.130. The van der Waals surface area contributed by atoms with Gasteiger partial charge in [-0.3, -0.25) is 4.79 Å². The van der Waals surface area contributed by atoms with E-state index in [4.69, 9.17) is 5.73 Å². The Morgan fingerprint density at radius 2 is 2.21 bits per heavy atom. The minimum Gasteiger partial charge on any atom is -0.399 e. The maximum absolute atomic E-state index is 12.2. The highest BCUT2D eigenvalue weighted by Crippen LogP contribution is 2.23. The minimum atomic E-state index is 0.0986. The molecule has 2 N–H and O–H groups in total. The second kappa shape index (κ2) is 5.91. The number of hydrogen-bond acceptors (Lipinski definition) is 2. The van der Waals surface area contributed by atoms with Gasteiger partial charge in [-0.05, 0) is 49.5 Å². The van der Waals surface area contributed by atoms with Gasteiger partial charge in [-0.1, -0.05) is 19.1 Å². The SMILES string of the molecule is CC1CCCN(C(=O)/C=C/c2cccc(N)c2)C1C. The fraction of sp³-hybridized carbons (Fsp3) is 0.438. The van der Waals surface area contributed by atoms with Gasteiger partial charge < -0.3 is 10.6 Å². The first-order valence-electron chi connectivity index (χ1n) is 6.92. The van der Waals surface area contributed by atoms with Crippen molar-refractivity contribution in [3.05, 3.63) is 35.9 Å². The molecule has 1 aliphatic rings. The van der Waals surface area contributed by atoms with Crippen LogP contribution in [0.5, 0.6) is 0 Å². The molecule has 3 nitrogen and oxygen atoms in total. The van der Waals surface area contributed by atoms with Gasteiger partial charge in [0, 0.05) is 24.4 Å². The van der Waals surface area contributed by atoms with E-state index in [-0.39, 0.29) is 5.91 Å². The smallest absolute Gasteiger partial charge is 0.246 e. The second-order valence-corrected chi connectivity index (χ2v) is 5.40. The van der Waals surface area contributed by atoms with Gasteiger partial charge >= 0.3 is 0 Å². The second-order valence-electron chi connectivity index (χ2n) is 5.40. The highest BCUT2D eigenvalue weighted by atomic mass is 16.2. The Bertz CT molecular complexity index is 481. The Labute approximate surface area is 115 Å². The largest absolute Gasteiger partial charge is 0.399 e. The van der Waals surface area contributed by atoms with Crippen molar-refractivity contribution in [3.63, 3.8) is 0 Å². The summed E-state index contributed by atoms with van der Waals surface area (Å²) in [6, 6.07) is 7.87. The predicted octanol–water partition coefficient (Wildman–Crippen LogP) is 2.93. The van der Waals surface area contributed by atoms with Gasteiger partial charge in [0.15, 0.2) is 0 Å². The lowest BCUT2D eigenvalue weighted by Crippen LogP contribution is -2.45. The minimum absolute atomic E-state index is 0.0986. The highest BCUT2D eigenvalue weighted by molar-refractivity contribution is 5.92. The average molecular weight is 258 g/mol. The topological polar surface area (TPSA) is 46.3 Å². The number of nitrogen functional groups attached to an aromatic ring is 1. The molecule has 0 spiro atoms. The number of benzene rings is 1. The molecule has 0 saturated carbocycles. The number of hydrogen-bond donors (Lipinski definition) is 1. The average Bonchev–Trinajstić information content (AvgIpc) is 2.39. The number of carbonyl (C=O) groups excluding carboxylic acids is 1. The van der Waals surface area contributed by atoms with E-state index in [0.29, 0.717) is 12.0 Å². The first-order valence-corrected chi connectivity index (χ1v) is 6.92. The van der Waals surface area contributed by atoms with Crippen molar-refractivity contribution in [1.82, 2.24) is 4.90 Å². The van der Waals surface area contributed by atoms with Crippen LogP contribution in [0.1, 0.15) is 32.3 Å². The molecule has 1 aliphatic heterocycles. The maximum atomic E-state index is 12.2. The summed E-state index contributed by atoms with van der Waals surface area (Å²) in [5, 5.41) is 0. The Morgan fingerprint density at radius 1 is 1.42 bits per heavy atom.